The molecule has 0 aliphatic carbocycles. The maximum Gasteiger partial charge on any atom is 0.257 e. The fourth-order valence-corrected chi connectivity index (χ4v) is 4.47. The zero-order valence-electron chi connectivity index (χ0n) is 18.7. The topological polar surface area (TPSA) is 76.4 Å². The molecule has 0 saturated carbocycles. The van der Waals surface area contributed by atoms with Crippen LogP contribution in [0.15, 0.2) is 87.8 Å². The van der Waals surface area contributed by atoms with E-state index in [1.165, 1.54) is 0 Å². The number of fused-ring (bicyclic) bond motifs is 3. The van der Waals surface area contributed by atoms with Crippen molar-refractivity contribution >= 4 is 66.7 Å². The molecule has 0 atom stereocenters. The van der Waals surface area contributed by atoms with E-state index < -0.39 is 0 Å². The highest BCUT2D eigenvalue weighted by Gasteiger charge is 2.13. The minimum atomic E-state index is -0.326. The summed E-state index contributed by atoms with van der Waals surface area (Å²) in [5, 5.41) is 8.09. The highest BCUT2D eigenvalue weighted by molar-refractivity contribution is 9.10. The number of halogens is 1. The van der Waals surface area contributed by atoms with Gasteiger partial charge in [-0.25, -0.2) is 4.98 Å². The van der Waals surface area contributed by atoms with Gasteiger partial charge in [-0.2, -0.15) is 0 Å². The van der Waals surface area contributed by atoms with E-state index >= 15 is 0 Å². The highest BCUT2D eigenvalue weighted by Crippen LogP contribution is 2.30. The van der Waals surface area contributed by atoms with Crippen LogP contribution in [0, 0.1) is 0 Å². The highest BCUT2D eigenvalue weighted by atomic mass is 79.9. The van der Waals surface area contributed by atoms with Gasteiger partial charge in [0.15, 0.2) is 10.7 Å². The molecular formula is C27H20BrN3O3S. The van der Waals surface area contributed by atoms with Crippen LogP contribution in [-0.2, 0) is 0 Å². The van der Waals surface area contributed by atoms with Gasteiger partial charge in [-0.05, 0) is 82.9 Å². The molecule has 6 nitrogen and oxygen atoms in total. The number of carbonyl (C=O) groups is 1. The molecule has 0 fully saturated rings. The molecule has 0 bridgehead atoms. The van der Waals surface area contributed by atoms with Gasteiger partial charge in [0.25, 0.3) is 5.91 Å². The molecule has 1 heterocycles. The number of benzene rings is 4. The van der Waals surface area contributed by atoms with E-state index in [0.717, 1.165) is 27.4 Å². The van der Waals surface area contributed by atoms with Gasteiger partial charge in [-0.15, -0.1) is 0 Å². The summed E-state index contributed by atoms with van der Waals surface area (Å²) in [4.78, 5) is 17.4. The SMILES string of the molecule is CCOc1ccc(C(=O)NC(=S)Nc2cccc(-c3nc4c(ccc5ccccc54)o3)c2)cc1Br. The van der Waals surface area contributed by atoms with Crippen molar-refractivity contribution in [3.63, 3.8) is 0 Å². The number of anilines is 1. The summed E-state index contributed by atoms with van der Waals surface area (Å²) in [5.41, 5.74) is 3.49. The summed E-state index contributed by atoms with van der Waals surface area (Å²) in [6, 6.07) is 24.7. The van der Waals surface area contributed by atoms with Crippen LogP contribution in [0.3, 0.4) is 0 Å². The lowest BCUT2D eigenvalue weighted by Gasteiger charge is -2.11. The average molecular weight is 546 g/mol. The fraction of sp³-hybridized carbons (Fsp3) is 0.0741. The number of aromatic nitrogens is 1. The Balaban J connectivity index is 1.32. The second-order valence-corrected chi connectivity index (χ2v) is 8.98. The smallest absolute Gasteiger partial charge is 0.257 e. The monoisotopic (exact) mass is 545 g/mol. The predicted octanol–water partition coefficient (Wildman–Crippen LogP) is 6.94. The van der Waals surface area contributed by atoms with Gasteiger partial charge in [0.05, 0.1) is 11.1 Å². The number of oxazole rings is 1. The first-order valence-corrected chi connectivity index (χ1v) is 12.2. The lowest BCUT2D eigenvalue weighted by atomic mass is 10.1. The Bertz CT molecular complexity index is 1580. The lowest BCUT2D eigenvalue weighted by molar-refractivity contribution is 0.0977. The maximum atomic E-state index is 12.6. The molecule has 1 amide bonds. The summed E-state index contributed by atoms with van der Waals surface area (Å²) in [5.74, 6) is 0.858. The molecule has 0 aliphatic heterocycles. The van der Waals surface area contributed by atoms with E-state index in [4.69, 9.17) is 26.4 Å². The summed E-state index contributed by atoms with van der Waals surface area (Å²) in [7, 11) is 0. The van der Waals surface area contributed by atoms with Crippen molar-refractivity contribution in [2.75, 3.05) is 11.9 Å². The van der Waals surface area contributed by atoms with Crippen LogP contribution >= 0.6 is 28.1 Å². The standard InChI is InChI=1S/C27H20BrN3O3S/c1-2-33-22-12-11-17(15-21(22)28)25(32)31-27(35)29-19-8-5-7-18(14-19)26-30-24-20-9-4-3-6-16(20)10-13-23(24)34-26/h3-15H,2H2,1H3,(H2,29,31,32,35). The molecule has 0 spiro atoms. The number of hydrogen-bond donors (Lipinski definition) is 2. The van der Waals surface area contributed by atoms with Crippen molar-refractivity contribution in [2.24, 2.45) is 0 Å². The van der Waals surface area contributed by atoms with Crippen molar-refractivity contribution < 1.29 is 13.9 Å². The number of nitrogens with one attached hydrogen (secondary N) is 2. The van der Waals surface area contributed by atoms with E-state index in [0.29, 0.717) is 34.0 Å². The van der Waals surface area contributed by atoms with Crippen molar-refractivity contribution in [3.05, 3.63) is 88.9 Å². The van der Waals surface area contributed by atoms with Crippen LogP contribution in [0.25, 0.3) is 33.3 Å². The van der Waals surface area contributed by atoms with Crippen molar-refractivity contribution in [1.82, 2.24) is 10.3 Å². The number of thiocarbonyl (C=S) groups is 1. The maximum absolute atomic E-state index is 12.6. The van der Waals surface area contributed by atoms with Gasteiger partial charge in [0.2, 0.25) is 5.89 Å². The molecule has 174 valence electrons. The van der Waals surface area contributed by atoms with E-state index in [1.54, 1.807) is 18.2 Å². The molecule has 0 unspecified atom stereocenters. The number of amides is 1. The third-order valence-electron chi connectivity index (χ3n) is 5.37. The largest absolute Gasteiger partial charge is 0.493 e. The van der Waals surface area contributed by atoms with E-state index in [1.807, 2.05) is 61.5 Å². The zero-order chi connectivity index (χ0) is 24.4. The van der Waals surface area contributed by atoms with E-state index in [2.05, 4.69) is 32.6 Å². The predicted molar refractivity (Wildman–Crippen MR) is 146 cm³/mol. The quantitative estimate of drug-likeness (QED) is 0.233. The zero-order valence-corrected chi connectivity index (χ0v) is 21.1. The van der Waals surface area contributed by atoms with Crippen LogP contribution in [0.5, 0.6) is 5.75 Å². The molecule has 0 aliphatic rings. The normalized spacial score (nSPS) is 10.9. The summed E-state index contributed by atoms with van der Waals surface area (Å²) in [6.45, 7) is 2.44. The first-order valence-electron chi connectivity index (χ1n) is 11.0. The van der Waals surface area contributed by atoms with Crippen LogP contribution in [0.2, 0.25) is 0 Å². The van der Waals surface area contributed by atoms with Crippen molar-refractivity contribution in [1.29, 1.82) is 0 Å². The number of carbonyl (C=O) groups excluding carboxylic acids is 1. The molecule has 1 aromatic heterocycles. The number of rotatable bonds is 5. The molecule has 0 saturated heterocycles. The first-order chi connectivity index (χ1) is 17.0. The Hall–Kier alpha value is -3.75. The summed E-state index contributed by atoms with van der Waals surface area (Å²) in [6.07, 6.45) is 0. The van der Waals surface area contributed by atoms with Gasteiger partial charge in [-0.1, -0.05) is 36.4 Å². The van der Waals surface area contributed by atoms with Gasteiger partial charge in [0.1, 0.15) is 11.3 Å². The molecule has 0 radical (unpaired) electrons. The third-order valence-corrected chi connectivity index (χ3v) is 6.20. The Morgan fingerprint density at radius 2 is 1.91 bits per heavy atom. The van der Waals surface area contributed by atoms with Crippen LogP contribution in [-0.4, -0.2) is 22.6 Å². The van der Waals surface area contributed by atoms with Gasteiger partial charge < -0.3 is 14.5 Å². The minimum Gasteiger partial charge on any atom is -0.493 e. The minimum absolute atomic E-state index is 0.181. The van der Waals surface area contributed by atoms with Crippen LogP contribution < -0.4 is 15.4 Å². The Labute approximate surface area is 215 Å². The van der Waals surface area contributed by atoms with Crippen molar-refractivity contribution in [3.8, 4) is 17.2 Å². The number of ether oxygens (including phenoxy) is 1. The van der Waals surface area contributed by atoms with E-state index in [9.17, 15) is 4.79 Å². The molecule has 8 heteroatoms. The molecule has 2 N–H and O–H groups in total. The Kier molecular flexibility index (Phi) is 6.48. The molecular weight excluding hydrogens is 526 g/mol. The third kappa shape index (κ3) is 4.89. The second kappa shape index (κ2) is 9.85. The second-order valence-electron chi connectivity index (χ2n) is 7.72. The van der Waals surface area contributed by atoms with Crippen LogP contribution in [0.1, 0.15) is 17.3 Å². The Morgan fingerprint density at radius 3 is 2.74 bits per heavy atom. The van der Waals surface area contributed by atoms with Crippen molar-refractivity contribution in [2.45, 2.75) is 6.92 Å². The summed E-state index contributed by atoms with van der Waals surface area (Å²) >= 11 is 8.78. The average Bonchev–Trinajstić information content (AvgIpc) is 3.30. The lowest BCUT2D eigenvalue weighted by Crippen LogP contribution is -2.34. The van der Waals surface area contributed by atoms with Gasteiger partial charge in [0, 0.05) is 22.2 Å². The molecule has 35 heavy (non-hydrogen) atoms. The summed E-state index contributed by atoms with van der Waals surface area (Å²) < 4.78 is 12.2. The van der Waals surface area contributed by atoms with Gasteiger partial charge >= 0.3 is 0 Å². The fourth-order valence-electron chi connectivity index (χ4n) is 3.77. The molecule has 5 rings (SSSR count). The molecule has 5 aromatic rings. The first kappa shape index (κ1) is 23.0. The number of hydrogen-bond acceptors (Lipinski definition) is 5. The van der Waals surface area contributed by atoms with E-state index in [-0.39, 0.29) is 11.0 Å². The molecule has 4 aromatic carbocycles. The van der Waals surface area contributed by atoms with Gasteiger partial charge in [-0.3, -0.25) is 10.1 Å². The van der Waals surface area contributed by atoms with Crippen LogP contribution in [0.4, 0.5) is 5.69 Å². The number of nitrogens with zero attached hydrogens (tertiary/aromatic N) is 1. The Morgan fingerprint density at radius 1 is 1.06 bits per heavy atom.